The van der Waals surface area contributed by atoms with Gasteiger partial charge in [-0.1, -0.05) is 0 Å². The molecule has 2 heterocycles. The van der Waals surface area contributed by atoms with E-state index in [2.05, 4.69) is 5.10 Å². The zero-order valence-corrected chi connectivity index (χ0v) is 8.99. The number of thiophene rings is 1. The minimum Gasteiger partial charge on any atom is -0.388 e. The molecule has 0 radical (unpaired) electrons. The van der Waals surface area contributed by atoms with Crippen LogP contribution < -0.4 is 0 Å². The van der Waals surface area contributed by atoms with E-state index in [0.29, 0.717) is 4.88 Å². The summed E-state index contributed by atoms with van der Waals surface area (Å²) in [5.41, 5.74) is 1.75. The van der Waals surface area contributed by atoms with Gasteiger partial charge in [0.25, 0.3) is 0 Å². The van der Waals surface area contributed by atoms with E-state index in [1.165, 1.54) is 11.3 Å². The summed E-state index contributed by atoms with van der Waals surface area (Å²) in [4.78, 5) is 11.8. The quantitative estimate of drug-likeness (QED) is 0.797. The average Bonchev–Trinajstić information content (AvgIpc) is 2.84. The molecule has 0 saturated heterocycles. The fourth-order valence-electron chi connectivity index (χ4n) is 1.26. The summed E-state index contributed by atoms with van der Waals surface area (Å²) in [5.74, 6) is -0.248. The number of hydrogen-bond donors (Lipinski definition) is 1. The lowest BCUT2D eigenvalue weighted by Crippen LogP contribution is -2.00. The third-order valence-corrected chi connectivity index (χ3v) is 3.00. The van der Waals surface area contributed by atoms with Crippen LogP contribution in [0.3, 0.4) is 0 Å². The minimum absolute atomic E-state index is 0.248. The van der Waals surface area contributed by atoms with Gasteiger partial charge in [-0.3, -0.25) is 9.48 Å². The van der Waals surface area contributed by atoms with Gasteiger partial charge in [-0.05, 0) is 12.1 Å². The predicted molar refractivity (Wildman–Crippen MR) is 57.9 cm³/mol. The number of nitrogens with zero attached hydrogens (tertiary/aromatic N) is 2. The van der Waals surface area contributed by atoms with E-state index in [1.807, 2.05) is 24.7 Å². The van der Waals surface area contributed by atoms with Crippen molar-refractivity contribution in [3.8, 4) is 11.3 Å². The molecule has 2 aromatic rings. The Kier molecular flexibility index (Phi) is 2.66. The third-order valence-electron chi connectivity index (χ3n) is 2.03. The SMILES string of the molecule is Cn1ccc(-c2csc(C(=O)CO)c2)n1. The Bertz CT molecular complexity index is 487. The average molecular weight is 222 g/mol. The van der Waals surface area contributed by atoms with Crippen LogP contribution in [0.25, 0.3) is 11.3 Å². The predicted octanol–water partition coefficient (Wildman–Crippen LogP) is 1.32. The number of carbonyl (C=O) groups excluding carboxylic acids is 1. The highest BCUT2D eigenvalue weighted by Crippen LogP contribution is 2.24. The second-order valence-electron chi connectivity index (χ2n) is 3.16. The van der Waals surface area contributed by atoms with E-state index in [-0.39, 0.29) is 5.78 Å². The van der Waals surface area contributed by atoms with E-state index in [9.17, 15) is 4.79 Å². The molecule has 0 spiro atoms. The first-order chi connectivity index (χ1) is 7.20. The van der Waals surface area contributed by atoms with Crippen molar-refractivity contribution in [3.05, 3.63) is 28.6 Å². The summed E-state index contributed by atoms with van der Waals surface area (Å²) in [6, 6.07) is 3.64. The Hall–Kier alpha value is -1.46. The summed E-state index contributed by atoms with van der Waals surface area (Å²) >= 11 is 1.33. The number of aliphatic hydroxyl groups is 1. The maximum absolute atomic E-state index is 11.2. The van der Waals surface area contributed by atoms with E-state index in [0.717, 1.165) is 11.3 Å². The van der Waals surface area contributed by atoms with Gasteiger partial charge in [-0.2, -0.15) is 5.10 Å². The molecule has 0 aliphatic rings. The lowest BCUT2D eigenvalue weighted by molar-refractivity contribution is 0.0908. The highest BCUT2D eigenvalue weighted by Gasteiger charge is 2.10. The molecule has 0 aliphatic heterocycles. The van der Waals surface area contributed by atoms with Gasteiger partial charge < -0.3 is 5.11 Å². The summed E-state index contributed by atoms with van der Waals surface area (Å²) < 4.78 is 1.71. The van der Waals surface area contributed by atoms with Gasteiger partial charge in [-0.15, -0.1) is 11.3 Å². The Morgan fingerprint density at radius 1 is 1.67 bits per heavy atom. The lowest BCUT2D eigenvalue weighted by atomic mass is 10.2. The van der Waals surface area contributed by atoms with Crippen LogP contribution in [0, 0.1) is 0 Å². The number of aromatic nitrogens is 2. The second kappa shape index (κ2) is 3.96. The molecule has 78 valence electrons. The van der Waals surface area contributed by atoms with E-state index in [4.69, 9.17) is 5.11 Å². The first kappa shape index (κ1) is 10.1. The largest absolute Gasteiger partial charge is 0.388 e. The Morgan fingerprint density at radius 2 is 2.47 bits per heavy atom. The molecule has 5 heteroatoms. The van der Waals surface area contributed by atoms with Crippen LogP contribution in [-0.4, -0.2) is 27.3 Å². The highest BCUT2D eigenvalue weighted by molar-refractivity contribution is 7.12. The molecule has 0 aliphatic carbocycles. The molecule has 4 nitrogen and oxygen atoms in total. The zero-order valence-electron chi connectivity index (χ0n) is 8.17. The van der Waals surface area contributed by atoms with Crippen molar-refractivity contribution < 1.29 is 9.90 Å². The van der Waals surface area contributed by atoms with Crippen LogP contribution in [0.2, 0.25) is 0 Å². The summed E-state index contributed by atoms with van der Waals surface area (Å²) in [6.07, 6.45) is 1.85. The summed E-state index contributed by atoms with van der Waals surface area (Å²) in [5, 5.41) is 14.8. The van der Waals surface area contributed by atoms with Crippen molar-refractivity contribution in [1.29, 1.82) is 0 Å². The van der Waals surface area contributed by atoms with Crippen molar-refractivity contribution in [1.82, 2.24) is 9.78 Å². The number of carbonyl (C=O) groups is 1. The van der Waals surface area contributed by atoms with Crippen molar-refractivity contribution in [2.75, 3.05) is 6.61 Å². The lowest BCUT2D eigenvalue weighted by Gasteiger charge is -1.89. The molecule has 1 N–H and O–H groups in total. The van der Waals surface area contributed by atoms with Crippen LogP contribution in [0.15, 0.2) is 23.7 Å². The van der Waals surface area contributed by atoms with Gasteiger partial charge in [0.2, 0.25) is 0 Å². The van der Waals surface area contributed by atoms with E-state index in [1.54, 1.807) is 10.7 Å². The smallest absolute Gasteiger partial charge is 0.198 e. The summed E-state index contributed by atoms with van der Waals surface area (Å²) in [6.45, 7) is -0.442. The number of aliphatic hydroxyl groups excluding tert-OH is 1. The van der Waals surface area contributed by atoms with Crippen LogP contribution in [0.1, 0.15) is 9.67 Å². The van der Waals surface area contributed by atoms with Crippen LogP contribution in [-0.2, 0) is 7.05 Å². The van der Waals surface area contributed by atoms with Crippen molar-refractivity contribution >= 4 is 17.1 Å². The fraction of sp³-hybridized carbons (Fsp3) is 0.200. The zero-order chi connectivity index (χ0) is 10.8. The topological polar surface area (TPSA) is 55.1 Å². The molecule has 0 aromatic carbocycles. The minimum atomic E-state index is -0.442. The molecule has 0 unspecified atom stereocenters. The first-order valence-corrected chi connectivity index (χ1v) is 5.31. The Balaban J connectivity index is 2.31. The maximum atomic E-state index is 11.2. The molecule has 0 fully saturated rings. The van der Waals surface area contributed by atoms with Gasteiger partial charge in [0.1, 0.15) is 6.61 Å². The molecule has 15 heavy (non-hydrogen) atoms. The Morgan fingerprint density at radius 3 is 3.07 bits per heavy atom. The van der Waals surface area contributed by atoms with E-state index < -0.39 is 6.61 Å². The highest BCUT2D eigenvalue weighted by atomic mass is 32.1. The van der Waals surface area contributed by atoms with Crippen molar-refractivity contribution in [2.24, 2.45) is 7.05 Å². The van der Waals surface area contributed by atoms with Crippen molar-refractivity contribution in [2.45, 2.75) is 0 Å². The number of rotatable bonds is 3. The second-order valence-corrected chi connectivity index (χ2v) is 4.07. The molecule has 0 saturated carbocycles. The van der Waals surface area contributed by atoms with Crippen LogP contribution >= 0.6 is 11.3 Å². The number of Topliss-reactive ketones (excluding diaryl/α,β-unsaturated/α-hetero) is 1. The van der Waals surface area contributed by atoms with Gasteiger partial charge in [0.05, 0.1) is 10.6 Å². The Labute approximate surface area is 90.8 Å². The molecule has 0 amide bonds. The molecular formula is C10H10N2O2S. The molecule has 2 rings (SSSR count). The maximum Gasteiger partial charge on any atom is 0.198 e. The normalized spacial score (nSPS) is 10.5. The van der Waals surface area contributed by atoms with Gasteiger partial charge in [0, 0.05) is 24.2 Å². The van der Waals surface area contributed by atoms with Crippen molar-refractivity contribution in [3.63, 3.8) is 0 Å². The van der Waals surface area contributed by atoms with Gasteiger partial charge in [-0.25, -0.2) is 0 Å². The van der Waals surface area contributed by atoms with Gasteiger partial charge >= 0.3 is 0 Å². The van der Waals surface area contributed by atoms with E-state index >= 15 is 0 Å². The summed E-state index contributed by atoms with van der Waals surface area (Å²) in [7, 11) is 1.84. The molecule has 0 bridgehead atoms. The number of hydrogen-bond acceptors (Lipinski definition) is 4. The first-order valence-electron chi connectivity index (χ1n) is 4.43. The number of aryl methyl sites for hydroxylation is 1. The fourth-order valence-corrected chi connectivity index (χ4v) is 2.10. The number of ketones is 1. The monoisotopic (exact) mass is 222 g/mol. The van der Waals surface area contributed by atoms with Crippen LogP contribution in [0.4, 0.5) is 0 Å². The van der Waals surface area contributed by atoms with Crippen LogP contribution in [0.5, 0.6) is 0 Å². The molecule has 0 atom stereocenters. The molecular weight excluding hydrogens is 212 g/mol. The third kappa shape index (κ3) is 1.98. The standard InChI is InChI=1S/C10H10N2O2S/c1-12-3-2-8(11-12)7-4-10(15-6-7)9(14)5-13/h2-4,6,13H,5H2,1H3. The molecule has 2 aromatic heterocycles. The van der Waals surface area contributed by atoms with Gasteiger partial charge in [0.15, 0.2) is 5.78 Å².